The van der Waals surface area contributed by atoms with Crippen molar-refractivity contribution < 1.29 is 0 Å². The zero-order chi connectivity index (χ0) is 16.7. The van der Waals surface area contributed by atoms with Gasteiger partial charge in [0.2, 0.25) is 0 Å². The molecule has 4 heteroatoms. The fraction of sp³-hybridized carbons (Fsp3) is 0.632. The molecule has 0 radical (unpaired) electrons. The van der Waals surface area contributed by atoms with Gasteiger partial charge < -0.3 is 15.5 Å². The molecule has 0 amide bonds. The van der Waals surface area contributed by atoms with Gasteiger partial charge in [-0.25, -0.2) is 0 Å². The summed E-state index contributed by atoms with van der Waals surface area (Å²) in [7, 11) is 0. The maximum atomic E-state index is 5.40. The highest BCUT2D eigenvalue weighted by Gasteiger charge is 2.19. The van der Waals surface area contributed by atoms with E-state index in [1.807, 2.05) is 0 Å². The van der Waals surface area contributed by atoms with Gasteiger partial charge in [0, 0.05) is 24.8 Å². The molecule has 1 heterocycles. The number of nitrogens with one attached hydrogen (secondary N) is 2. The Kier molecular flexibility index (Phi) is 7.31. The van der Waals surface area contributed by atoms with Gasteiger partial charge in [-0.1, -0.05) is 19.4 Å². The summed E-state index contributed by atoms with van der Waals surface area (Å²) < 4.78 is 0. The second-order valence-electron chi connectivity index (χ2n) is 6.70. The Balaban J connectivity index is 1.68. The van der Waals surface area contributed by atoms with E-state index in [9.17, 15) is 0 Å². The molecule has 0 spiro atoms. The standard InChI is InChI=1S/C19H31N3S/c1-4-18-8-5-6-10-22(18)11-7-9-20-19(23)21-17-13-15(2)12-16(3)14-17/h12-14,18H,4-11H2,1-3H3,(H2,20,21,23)/t18-/m1/s1. The Hall–Kier alpha value is -1.13. The predicted octanol–water partition coefficient (Wildman–Crippen LogP) is 4.24. The van der Waals surface area contributed by atoms with Gasteiger partial charge in [-0.05, 0) is 81.6 Å². The van der Waals surface area contributed by atoms with Crippen molar-refractivity contribution in [3.8, 4) is 0 Å². The van der Waals surface area contributed by atoms with Crippen LogP contribution < -0.4 is 10.6 Å². The number of thiocarbonyl (C=S) groups is 1. The molecule has 2 rings (SSSR count). The summed E-state index contributed by atoms with van der Waals surface area (Å²) in [5.74, 6) is 0. The van der Waals surface area contributed by atoms with Crippen LogP contribution in [0.5, 0.6) is 0 Å². The molecule has 1 aliphatic heterocycles. The maximum absolute atomic E-state index is 5.40. The van der Waals surface area contributed by atoms with Gasteiger partial charge >= 0.3 is 0 Å². The summed E-state index contributed by atoms with van der Waals surface area (Å²) in [6, 6.07) is 7.22. The Labute approximate surface area is 146 Å². The van der Waals surface area contributed by atoms with Crippen molar-refractivity contribution in [2.75, 3.05) is 25.0 Å². The average molecular weight is 334 g/mol. The molecule has 1 atom stereocenters. The van der Waals surface area contributed by atoms with Crippen LogP contribution >= 0.6 is 12.2 Å². The van der Waals surface area contributed by atoms with Crippen LogP contribution in [0.3, 0.4) is 0 Å². The SMILES string of the molecule is CC[C@@H]1CCCCN1CCCNC(=S)Nc1cc(C)cc(C)c1. The van der Waals surface area contributed by atoms with Crippen LogP contribution in [-0.4, -0.2) is 35.7 Å². The fourth-order valence-electron chi connectivity index (χ4n) is 3.52. The summed E-state index contributed by atoms with van der Waals surface area (Å²) >= 11 is 5.40. The molecule has 128 valence electrons. The van der Waals surface area contributed by atoms with Gasteiger partial charge in [-0.3, -0.25) is 0 Å². The lowest BCUT2D eigenvalue weighted by Crippen LogP contribution is -2.40. The van der Waals surface area contributed by atoms with Crippen molar-refractivity contribution in [3.63, 3.8) is 0 Å². The van der Waals surface area contributed by atoms with Crippen LogP contribution in [-0.2, 0) is 0 Å². The van der Waals surface area contributed by atoms with E-state index in [2.05, 4.69) is 54.5 Å². The number of hydrogen-bond donors (Lipinski definition) is 2. The number of hydrogen-bond acceptors (Lipinski definition) is 2. The highest BCUT2D eigenvalue weighted by Crippen LogP contribution is 2.19. The quantitative estimate of drug-likeness (QED) is 0.601. The lowest BCUT2D eigenvalue weighted by atomic mass is 10.00. The van der Waals surface area contributed by atoms with Crippen LogP contribution in [0.4, 0.5) is 5.69 Å². The number of aryl methyl sites for hydroxylation is 2. The average Bonchev–Trinajstić information content (AvgIpc) is 2.51. The van der Waals surface area contributed by atoms with Gasteiger partial charge in [0.05, 0.1) is 0 Å². The Morgan fingerprint density at radius 1 is 1.22 bits per heavy atom. The smallest absolute Gasteiger partial charge is 0.170 e. The first-order valence-electron chi connectivity index (χ1n) is 8.95. The number of benzene rings is 1. The maximum Gasteiger partial charge on any atom is 0.170 e. The Morgan fingerprint density at radius 2 is 1.96 bits per heavy atom. The zero-order valence-corrected chi connectivity index (χ0v) is 15.6. The summed E-state index contributed by atoms with van der Waals surface area (Å²) in [6.45, 7) is 9.91. The second kappa shape index (κ2) is 9.24. The predicted molar refractivity (Wildman–Crippen MR) is 104 cm³/mol. The van der Waals surface area contributed by atoms with Crippen molar-refractivity contribution in [2.24, 2.45) is 0 Å². The van der Waals surface area contributed by atoms with E-state index >= 15 is 0 Å². The summed E-state index contributed by atoms with van der Waals surface area (Å²) in [5, 5.41) is 7.35. The van der Waals surface area contributed by atoms with Crippen LogP contribution in [0.2, 0.25) is 0 Å². The number of rotatable bonds is 6. The van der Waals surface area contributed by atoms with E-state index in [-0.39, 0.29) is 0 Å². The van der Waals surface area contributed by atoms with Gasteiger partial charge in [-0.2, -0.15) is 0 Å². The number of piperidine rings is 1. The van der Waals surface area contributed by atoms with Crippen molar-refractivity contribution >= 4 is 23.0 Å². The molecule has 1 aliphatic rings. The zero-order valence-electron chi connectivity index (χ0n) is 14.8. The van der Waals surface area contributed by atoms with E-state index in [0.29, 0.717) is 0 Å². The molecule has 23 heavy (non-hydrogen) atoms. The first-order chi connectivity index (χ1) is 11.1. The molecule has 0 unspecified atom stereocenters. The normalized spacial score (nSPS) is 18.7. The molecule has 2 N–H and O–H groups in total. The monoisotopic (exact) mass is 333 g/mol. The van der Waals surface area contributed by atoms with Crippen LogP contribution in [0.25, 0.3) is 0 Å². The highest BCUT2D eigenvalue weighted by atomic mass is 32.1. The molecule has 1 aromatic carbocycles. The number of likely N-dealkylation sites (tertiary alicyclic amines) is 1. The third-order valence-corrected chi connectivity index (χ3v) is 4.85. The second-order valence-corrected chi connectivity index (χ2v) is 7.11. The number of anilines is 1. The van der Waals surface area contributed by atoms with Gasteiger partial charge in [-0.15, -0.1) is 0 Å². The van der Waals surface area contributed by atoms with Crippen LogP contribution in [0, 0.1) is 13.8 Å². The highest BCUT2D eigenvalue weighted by molar-refractivity contribution is 7.80. The Morgan fingerprint density at radius 3 is 2.65 bits per heavy atom. The van der Waals surface area contributed by atoms with E-state index in [0.717, 1.165) is 29.8 Å². The molecule has 1 fully saturated rings. The lowest BCUT2D eigenvalue weighted by Gasteiger charge is -2.35. The first kappa shape index (κ1) is 18.2. The van der Waals surface area contributed by atoms with E-state index < -0.39 is 0 Å². The minimum absolute atomic E-state index is 0.723. The van der Waals surface area contributed by atoms with Gasteiger partial charge in [0.1, 0.15) is 0 Å². The molecular formula is C19H31N3S. The minimum Gasteiger partial charge on any atom is -0.362 e. The number of nitrogens with zero attached hydrogens (tertiary/aromatic N) is 1. The molecule has 3 nitrogen and oxygen atoms in total. The van der Waals surface area contributed by atoms with Crippen molar-refractivity contribution in [3.05, 3.63) is 29.3 Å². The lowest BCUT2D eigenvalue weighted by molar-refractivity contribution is 0.143. The largest absolute Gasteiger partial charge is 0.362 e. The molecule has 1 saturated heterocycles. The van der Waals surface area contributed by atoms with Crippen molar-refractivity contribution in [1.82, 2.24) is 10.2 Å². The van der Waals surface area contributed by atoms with E-state index in [4.69, 9.17) is 12.2 Å². The molecule has 0 aromatic heterocycles. The van der Waals surface area contributed by atoms with Crippen molar-refractivity contribution in [1.29, 1.82) is 0 Å². The molecule has 0 saturated carbocycles. The molecule has 1 aromatic rings. The van der Waals surface area contributed by atoms with Gasteiger partial charge in [0.25, 0.3) is 0 Å². The fourth-order valence-corrected chi connectivity index (χ4v) is 3.74. The minimum atomic E-state index is 0.723. The van der Waals surface area contributed by atoms with E-state index in [1.165, 1.54) is 49.9 Å². The van der Waals surface area contributed by atoms with Crippen LogP contribution in [0.1, 0.15) is 50.2 Å². The molecule has 0 aliphatic carbocycles. The topological polar surface area (TPSA) is 27.3 Å². The summed E-state index contributed by atoms with van der Waals surface area (Å²) in [6.07, 6.45) is 6.55. The van der Waals surface area contributed by atoms with Crippen LogP contribution in [0.15, 0.2) is 18.2 Å². The van der Waals surface area contributed by atoms with E-state index in [1.54, 1.807) is 0 Å². The Bertz CT molecular complexity index is 495. The third-order valence-electron chi connectivity index (χ3n) is 4.61. The summed E-state index contributed by atoms with van der Waals surface area (Å²) in [4.78, 5) is 2.66. The summed E-state index contributed by atoms with van der Waals surface area (Å²) in [5.41, 5.74) is 3.58. The third kappa shape index (κ3) is 6.11. The molecular weight excluding hydrogens is 302 g/mol. The molecule has 0 bridgehead atoms. The van der Waals surface area contributed by atoms with Gasteiger partial charge in [0.15, 0.2) is 5.11 Å². The first-order valence-corrected chi connectivity index (χ1v) is 9.36. The van der Waals surface area contributed by atoms with Crippen molar-refractivity contribution in [2.45, 2.75) is 58.9 Å².